The summed E-state index contributed by atoms with van der Waals surface area (Å²) in [6, 6.07) is 9.21. The molecule has 0 aliphatic rings. The van der Waals surface area contributed by atoms with Crippen LogP contribution in [0, 0.1) is 6.92 Å². The van der Waals surface area contributed by atoms with Crippen LogP contribution in [0.4, 0.5) is 5.69 Å². The smallest absolute Gasteiger partial charge is 0.236 e. The molecule has 0 aliphatic carbocycles. The summed E-state index contributed by atoms with van der Waals surface area (Å²) in [6.07, 6.45) is 0. The molecule has 1 aromatic heterocycles. The fourth-order valence-electron chi connectivity index (χ4n) is 1.71. The summed E-state index contributed by atoms with van der Waals surface area (Å²) < 4.78 is 26.7. The van der Waals surface area contributed by atoms with Crippen LogP contribution >= 0.6 is 0 Å². The van der Waals surface area contributed by atoms with Gasteiger partial charge in [0.05, 0.1) is 16.5 Å². The number of nitrogens with two attached hydrogens (primary N) is 1. The number of anilines is 1. The molecule has 19 heavy (non-hydrogen) atoms. The number of nitrogens with zero attached hydrogens (tertiary/aromatic N) is 1. The number of sulfonamides is 1. The van der Waals surface area contributed by atoms with Gasteiger partial charge in [-0.25, -0.2) is 8.42 Å². The lowest BCUT2D eigenvalue weighted by Gasteiger charge is -2.14. The molecule has 0 saturated heterocycles. The molecule has 1 unspecified atom stereocenters. The summed E-state index contributed by atoms with van der Waals surface area (Å²) >= 11 is 0. The summed E-state index contributed by atoms with van der Waals surface area (Å²) in [5.41, 5.74) is 7.39. The maximum atomic E-state index is 12.0. The molecular weight excluding hydrogens is 262 g/mol. The van der Waals surface area contributed by atoms with Crippen LogP contribution in [0.2, 0.25) is 0 Å². The van der Waals surface area contributed by atoms with Crippen molar-refractivity contribution >= 4 is 26.6 Å². The number of fused-ring (bicyclic) bond motifs is 1. The first-order valence-electron chi connectivity index (χ1n) is 6.02. The predicted octanol–water partition coefficient (Wildman–Crippen LogP) is 1.63. The molecule has 0 bridgehead atoms. The minimum absolute atomic E-state index is 0.0759. The topological polar surface area (TPSA) is 85.1 Å². The van der Waals surface area contributed by atoms with E-state index in [2.05, 4.69) is 9.71 Å². The van der Waals surface area contributed by atoms with Gasteiger partial charge in [0.25, 0.3) is 0 Å². The Morgan fingerprint density at radius 2 is 2.05 bits per heavy atom. The van der Waals surface area contributed by atoms with Crippen molar-refractivity contribution in [2.45, 2.75) is 19.1 Å². The van der Waals surface area contributed by atoms with Gasteiger partial charge in [-0.1, -0.05) is 18.2 Å². The first kappa shape index (κ1) is 13.8. The SMILES string of the molecule is Cc1ccc2cccc(NS(=O)(=O)C(C)CN)c2n1. The van der Waals surface area contributed by atoms with E-state index in [1.54, 1.807) is 19.1 Å². The highest BCUT2D eigenvalue weighted by molar-refractivity contribution is 7.93. The molecule has 1 atom stereocenters. The van der Waals surface area contributed by atoms with Gasteiger partial charge in [0.15, 0.2) is 0 Å². The van der Waals surface area contributed by atoms with E-state index in [-0.39, 0.29) is 6.54 Å². The first-order valence-corrected chi connectivity index (χ1v) is 7.57. The fraction of sp³-hybridized carbons (Fsp3) is 0.308. The van der Waals surface area contributed by atoms with Crippen LogP contribution in [0.15, 0.2) is 30.3 Å². The third-order valence-corrected chi connectivity index (χ3v) is 4.73. The lowest BCUT2D eigenvalue weighted by molar-refractivity contribution is 0.589. The van der Waals surface area contributed by atoms with Crippen molar-refractivity contribution in [3.8, 4) is 0 Å². The molecule has 0 spiro atoms. The Kier molecular flexibility index (Phi) is 3.73. The molecule has 3 N–H and O–H groups in total. The van der Waals surface area contributed by atoms with Crippen molar-refractivity contribution in [3.05, 3.63) is 36.0 Å². The maximum Gasteiger partial charge on any atom is 0.236 e. The molecule has 2 rings (SSSR count). The Morgan fingerprint density at radius 3 is 2.74 bits per heavy atom. The predicted molar refractivity (Wildman–Crippen MR) is 77.5 cm³/mol. The molecule has 5 nitrogen and oxygen atoms in total. The van der Waals surface area contributed by atoms with Crippen molar-refractivity contribution in [1.82, 2.24) is 4.98 Å². The zero-order valence-electron chi connectivity index (χ0n) is 10.9. The Bertz CT molecular complexity index is 698. The molecule has 102 valence electrons. The van der Waals surface area contributed by atoms with Crippen LogP contribution in [0.3, 0.4) is 0 Å². The molecule has 2 aromatic rings. The minimum atomic E-state index is -3.48. The molecule has 0 aliphatic heterocycles. The van der Waals surface area contributed by atoms with E-state index in [0.717, 1.165) is 11.1 Å². The van der Waals surface area contributed by atoms with Crippen molar-refractivity contribution in [2.24, 2.45) is 5.73 Å². The van der Waals surface area contributed by atoms with Gasteiger partial charge in [-0.3, -0.25) is 9.71 Å². The highest BCUT2D eigenvalue weighted by Crippen LogP contribution is 2.23. The van der Waals surface area contributed by atoms with E-state index in [9.17, 15) is 8.42 Å². The quantitative estimate of drug-likeness (QED) is 0.890. The Labute approximate surface area is 112 Å². The second-order valence-corrected chi connectivity index (χ2v) is 6.62. The van der Waals surface area contributed by atoms with Gasteiger partial charge in [-0.05, 0) is 26.0 Å². The van der Waals surface area contributed by atoms with Gasteiger partial charge in [-0.2, -0.15) is 0 Å². The van der Waals surface area contributed by atoms with E-state index in [1.165, 1.54) is 0 Å². The molecular formula is C13H17N3O2S. The number of benzene rings is 1. The highest BCUT2D eigenvalue weighted by Gasteiger charge is 2.20. The number of para-hydroxylation sites is 1. The van der Waals surface area contributed by atoms with Crippen LogP contribution in [-0.2, 0) is 10.0 Å². The summed E-state index contributed by atoms with van der Waals surface area (Å²) in [4.78, 5) is 4.39. The van der Waals surface area contributed by atoms with E-state index in [1.807, 2.05) is 25.1 Å². The van der Waals surface area contributed by atoms with E-state index in [4.69, 9.17) is 5.73 Å². The second kappa shape index (κ2) is 5.14. The molecule has 1 aromatic carbocycles. The number of hydrogen-bond donors (Lipinski definition) is 2. The zero-order valence-corrected chi connectivity index (χ0v) is 11.7. The number of hydrogen-bond acceptors (Lipinski definition) is 4. The lowest BCUT2D eigenvalue weighted by Crippen LogP contribution is -2.31. The van der Waals surface area contributed by atoms with Gasteiger partial charge in [0, 0.05) is 17.6 Å². The number of aryl methyl sites for hydroxylation is 1. The minimum Gasteiger partial charge on any atom is -0.329 e. The standard InChI is InChI=1S/C13H17N3O2S/c1-9-6-7-11-4-3-5-12(13(11)15-9)16-19(17,18)10(2)8-14/h3-7,10,16H,8,14H2,1-2H3. The molecule has 0 amide bonds. The van der Waals surface area contributed by atoms with Crippen molar-refractivity contribution in [2.75, 3.05) is 11.3 Å². The average molecular weight is 279 g/mol. The maximum absolute atomic E-state index is 12.0. The third kappa shape index (κ3) is 2.85. The summed E-state index contributed by atoms with van der Waals surface area (Å²) in [5, 5.41) is 0.249. The van der Waals surface area contributed by atoms with Crippen LogP contribution in [0.25, 0.3) is 10.9 Å². The van der Waals surface area contributed by atoms with Crippen LogP contribution in [0.5, 0.6) is 0 Å². The molecule has 0 fully saturated rings. The summed E-state index contributed by atoms with van der Waals surface area (Å²) in [5.74, 6) is 0. The second-order valence-electron chi connectivity index (χ2n) is 4.52. The lowest BCUT2D eigenvalue weighted by atomic mass is 10.2. The third-order valence-electron chi connectivity index (χ3n) is 2.97. The first-order chi connectivity index (χ1) is 8.94. The Balaban J connectivity index is 2.49. The van der Waals surface area contributed by atoms with Crippen molar-refractivity contribution in [3.63, 3.8) is 0 Å². The number of rotatable bonds is 4. The van der Waals surface area contributed by atoms with Gasteiger partial charge < -0.3 is 5.73 Å². The monoisotopic (exact) mass is 279 g/mol. The number of nitrogens with one attached hydrogen (secondary N) is 1. The zero-order chi connectivity index (χ0) is 14.0. The van der Waals surface area contributed by atoms with Crippen molar-refractivity contribution < 1.29 is 8.42 Å². The number of aromatic nitrogens is 1. The molecule has 0 radical (unpaired) electrons. The van der Waals surface area contributed by atoms with Gasteiger partial charge >= 0.3 is 0 Å². The van der Waals surface area contributed by atoms with Crippen molar-refractivity contribution in [1.29, 1.82) is 0 Å². The fourth-order valence-corrected chi connectivity index (χ4v) is 2.63. The van der Waals surface area contributed by atoms with E-state index < -0.39 is 15.3 Å². The highest BCUT2D eigenvalue weighted by atomic mass is 32.2. The van der Waals surface area contributed by atoms with Crippen LogP contribution in [0.1, 0.15) is 12.6 Å². The van der Waals surface area contributed by atoms with Gasteiger partial charge in [0.1, 0.15) is 0 Å². The average Bonchev–Trinajstić information content (AvgIpc) is 2.38. The van der Waals surface area contributed by atoms with E-state index in [0.29, 0.717) is 11.2 Å². The number of pyridine rings is 1. The Morgan fingerprint density at radius 1 is 1.32 bits per heavy atom. The molecule has 1 heterocycles. The van der Waals surface area contributed by atoms with E-state index >= 15 is 0 Å². The van der Waals surface area contributed by atoms with Gasteiger partial charge in [-0.15, -0.1) is 0 Å². The molecule has 6 heteroatoms. The largest absolute Gasteiger partial charge is 0.329 e. The Hall–Kier alpha value is -1.66. The molecule has 0 saturated carbocycles. The van der Waals surface area contributed by atoms with Crippen LogP contribution < -0.4 is 10.5 Å². The van der Waals surface area contributed by atoms with Crippen LogP contribution in [-0.4, -0.2) is 25.2 Å². The summed E-state index contributed by atoms with van der Waals surface area (Å²) in [6.45, 7) is 3.52. The summed E-state index contributed by atoms with van der Waals surface area (Å²) in [7, 11) is -3.48. The normalized spacial score (nSPS) is 13.4. The van der Waals surface area contributed by atoms with Gasteiger partial charge in [0.2, 0.25) is 10.0 Å².